The summed E-state index contributed by atoms with van der Waals surface area (Å²) in [6.45, 7) is 0.436. The standard InChI is InChI=1S/C23H22ClNO3/c1-27-21-9-5-8-18(23(21)28-16-17-6-3-2-4-7-17)10-15-22(26)25-20-13-11-19(24)12-14-20/h2-9,11-14H,10,15-16H2,1H3,(H,25,26). The van der Waals surface area contributed by atoms with E-state index in [2.05, 4.69) is 5.32 Å². The van der Waals surface area contributed by atoms with Crippen LogP contribution in [0.25, 0.3) is 0 Å². The molecule has 3 rings (SSSR count). The molecule has 0 fully saturated rings. The first-order valence-electron chi connectivity index (χ1n) is 9.04. The largest absolute Gasteiger partial charge is 0.493 e. The topological polar surface area (TPSA) is 47.6 Å². The number of hydrogen-bond donors (Lipinski definition) is 1. The first kappa shape index (κ1) is 19.8. The van der Waals surface area contributed by atoms with Crippen LogP contribution in [-0.4, -0.2) is 13.0 Å². The van der Waals surface area contributed by atoms with Crippen molar-refractivity contribution < 1.29 is 14.3 Å². The van der Waals surface area contributed by atoms with Crippen molar-refractivity contribution in [2.75, 3.05) is 12.4 Å². The van der Waals surface area contributed by atoms with Gasteiger partial charge in [-0.25, -0.2) is 0 Å². The Morgan fingerprint density at radius 3 is 2.43 bits per heavy atom. The summed E-state index contributed by atoms with van der Waals surface area (Å²) in [5, 5.41) is 3.51. The van der Waals surface area contributed by atoms with Gasteiger partial charge in [0.05, 0.1) is 7.11 Å². The SMILES string of the molecule is COc1cccc(CCC(=O)Nc2ccc(Cl)cc2)c1OCc1ccccc1. The number of rotatable bonds is 8. The molecule has 0 saturated heterocycles. The fraction of sp³-hybridized carbons (Fsp3) is 0.174. The highest BCUT2D eigenvalue weighted by molar-refractivity contribution is 6.30. The Bertz CT molecular complexity index is 911. The van der Waals surface area contributed by atoms with Crippen LogP contribution in [0.4, 0.5) is 5.69 Å². The van der Waals surface area contributed by atoms with Crippen LogP contribution in [0.15, 0.2) is 72.8 Å². The highest BCUT2D eigenvalue weighted by Gasteiger charge is 2.13. The van der Waals surface area contributed by atoms with Crippen molar-refractivity contribution in [1.29, 1.82) is 0 Å². The number of ether oxygens (including phenoxy) is 2. The Labute approximate surface area is 170 Å². The van der Waals surface area contributed by atoms with E-state index in [1.807, 2.05) is 48.5 Å². The Kier molecular flexibility index (Phi) is 6.93. The number of amides is 1. The highest BCUT2D eigenvalue weighted by Crippen LogP contribution is 2.32. The first-order chi connectivity index (χ1) is 13.7. The van der Waals surface area contributed by atoms with Gasteiger partial charge in [0.15, 0.2) is 11.5 Å². The minimum absolute atomic E-state index is 0.0702. The summed E-state index contributed by atoms with van der Waals surface area (Å²) in [4.78, 5) is 12.3. The third-order valence-electron chi connectivity index (χ3n) is 4.26. The molecular weight excluding hydrogens is 374 g/mol. The third-order valence-corrected chi connectivity index (χ3v) is 4.51. The molecule has 5 heteroatoms. The number of methoxy groups -OCH3 is 1. The van der Waals surface area contributed by atoms with Gasteiger partial charge in [-0.3, -0.25) is 4.79 Å². The molecule has 0 atom stereocenters. The second-order valence-electron chi connectivity index (χ2n) is 6.28. The van der Waals surface area contributed by atoms with Crippen molar-refractivity contribution in [3.63, 3.8) is 0 Å². The average Bonchev–Trinajstić information content (AvgIpc) is 2.73. The van der Waals surface area contributed by atoms with E-state index in [4.69, 9.17) is 21.1 Å². The highest BCUT2D eigenvalue weighted by atomic mass is 35.5. The lowest BCUT2D eigenvalue weighted by atomic mass is 10.1. The van der Waals surface area contributed by atoms with E-state index in [1.165, 1.54) is 0 Å². The van der Waals surface area contributed by atoms with E-state index in [0.29, 0.717) is 36.0 Å². The van der Waals surface area contributed by atoms with Gasteiger partial charge in [-0.15, -0.1) is 0 Å². The van der Waals surface area contributed by atoms with Gasteiger partial charge in [0.25, 0.3) is 0 Å². The molecule has 1 amide bonds. The number of para-hydroxylation sites is 1. The molecule has 0 radical (unpaired) electrons. The number of benzene rings is 3. The molecule has 0 heterocycles. The molecule has 0 saturated carbocycles. The van der Waals surface area contributed by atoms with E-state index in [9.17, 15) is 4.79 Å². The van der Waals surface area contributed by atoms with Crippen molar-refractivity contribution in [3.05, 3.63) is 88.9 Å². The van der Waals surface area contributed by atoms with Crippen LogP contribution in [-0.2, 0) is 17.8 Å². The minimum atomic E-state index is -0.0702. The molecule has 0 unspecified atom stereocenters. The van der Waals surface area contributed by atoms with Gasteiger partial charge in [0, 0.05) is 17.1 Å². The predicted molar refractivity (Wildman–Crippen MR) is 112 cm³/mol. The van der Waals surface area contributed by atoms with E-state index in [0.717, 1.165) is 16.8 Å². The lowest BCUT2D eigenvalue weighted by Crippen LogP contribution is -2.12. The first-order valence-corrected chi connectivity index (χ1v) is 9.41. The molecule has 4 nitrogen and oxygen atoms in total. The molecule has 1 N–H and O–H groups in total. The number of anilines is 1. The Morgan fingerprint density at radius 2 is 1.71 bits per heavy atom. The van der Waals surface area contributed by atoms with Gasteiger partial charge in [-0.05, 0) is 47.9 Å². The number of aryl methyl sites for hydroxylation is 1. The van der Waals surface area contributed by atoms with E-state index >= 15 is 0 Å². The van der Waals surface area contributed by atoms with Crippen LogP contribution in [0, 0.1) is 0 Å². The van der Waals surface area contributed by atoms with Crippen molar-refractivity contribution in [2.45, 2.75) is 19.4 Å². The third kappa shape index (κ3) is 5.51. The zero-order valence-electron chi connectivity index (χ0n) is 15.7. The summed E-state index contributed by atoms with van der Waals surface area (Å²) in [5.41, 5.74) is 2.72. The van der Waals surface area contributed by atoms with Crippen molar-refractivity contribution in [1.82, 2.24) is 0 Å². The van der Waals surface area contributed by atoms with Crippen LogP contribution < -0.4 is 14.8 Å². The quantitative estimate of drug-likeness (QED) is 0.548. The molecule has 0 aliphatic carbocycles. The fourth-order valence-corrected chi connectivity index (χ4v) is 2.94. The maximum atomic E-state index is 12.3. The second-order valence-corrected chi connectivity index (χ2v) is 6.71. The van der Waals surface area contributed by atoms with E-state index in [-0.39, 0.29) is 5.91 Å². The summed E-state index contributed by atoms with van der Waals surface area (Å²) in [7, 11) is 1.61. The van der Waals surface area contributed by atoms with Crippen LogP contribution in [0.5, 0.6) is 11.5 Å². The monoisotopic (exact) mass is 395 g/mol. The number of hydrogen-bond acceptors (Lipinski definition) is 3. The molecule has 28 heavy (non-hydrogen) atoms. The van der Waals surface area contributed by atoms with Crippen LogP contribution in [0.3, 0.4) is 0 Å². The summed E-state index contributed by atoms with van der Waals surface area (Å²) >= 11 is 5.87. The molecule has 0 aliphatic heterocycles. The smallest absolute Gasteiger partial charge is 0.224 e. The van der Waals surface area contributed by atoms with Crippen molar-refractivity contribution >= 4 is 23.2 Å². The molecule has 0 aliphatic rings. The lowest BCUT2D eigenvalue weighted by molar-refractivity contribution is -0.116. The van der Waals surface area contributed by atoms with Crippen LogP contribution >= 0.6 is 11.6 Å². The Hall–Kier alpha value is -2.98. The fourth-order valence-electron chi connectivity index (χ4n) is 2.82. The summed E-state index contributed by atoms with van der Waals surface area (Å²) in [6, 6.07) is 22.7. The molecule has 3 aromatic carbocycles. The molecule has 144 valence electrons. The number of carbonyl (C=O) groups is 1. The van der Waals surface area contributed by atoms with Gasteiger partial charge >= 0.3 is 0 Å². The normalized spacial score (nSPS) is 10.4. The summed E-state index contributed by atoms with van der Waals surface area (Å²) in [6.07, 6.45) is 0.873. The Morgan fingerprint density at radius 1 is 0.964 bits per heavy atom. The molecule has 0 bridgehead atoms. The van der Waals surface area contributed by atoms with Gasteiger partial charge in [0.2, 0.25) is 5.91 Å². The number of halogens is 1. The predicted octanol–water partition coefficient (Wildman–Crippen LogP) is 5.50. The number of nitrogens with one attached hydrogen (secondary N) is 1. The Balaban J connectivity index is 1.65. The molecular formula is C23H22ClNO3. The maximum Gasteiger partial charge on any atom is 0.224 e. The van der Waals surface area contributed by atoms with Crippen molar-refractivity contribution in [3.8, 4) is 11.5 Å². The molecule has 0 spiro atoms. The summed E-state index contributed by atoms with van der Waals surface area (Å²) in [5.74, 6) is 1.26. The number of carbonyl (C=O) groups excluding carboxylic acids is 1. The van der Waals surface area contributed by atoms with Gasteiger partial charge in [-0.2, -0.15) is 0 Å². The van der Waals surface area contributed by atoms with E-state index in [1.54, 1.807) is 31.4 Å². The lowest BCUT2D eigenvalue weighted by Gasteiger charge is -2.15. The second kappa shape index (κ2) is 9.81. The van der Waals surface area contributed by atoms with Crippen molar-refractivity contribution in [2.24, 2.45) is 0 Å². The average molecular weight is 396 g/mol. The minimum Gasteiger partial charge on any atom is -0.493 e. The van der Waals surface area contributed by atoms with Gasteiger partial charge < -0.3 is 14.8 Å². The van der Waals surface area contributed by atoms with E-state index < -0.39 is 0 Å². The molecule has 0 aromatic heterocycles. The van der Waals surface area contributed by atoms with Crippen LogP contribution in [0.2, 0.25) is 5.02 Å². The van der Waals surface area contributed by atoms with Gasteiger partial charge in [-0.1, -0.05) is 54.1 Å². The van der Waals surface area contributed by atoms with Crippen LogP contribution in [0.1, 0.15) is 17.5 Å². The maximum absolute atomic E-state index is 12.3. The zero-order chi connectivity index (χ0) is 19.8. The zero-order valence-corrected chi connectivity index (χ0v) is 16.4. The summed E-state index contributed by atoms with van der Waals surface area (Å²) < 4.78 is 11.5. The van der Waals surface area contributed by atoms with Gasteiger partial charge in [0.1, 0.15) is 6.61 Å². The molecule has 3 aromatic rings.